The van der Waals surface area contributed by atoms with Crippen LogP contribution in [0, 0.1) is 0 Å². The largest absolute Gasteiger partial charge is 0.504 e. The van der Waals surface area contributed by atoms with Gasteiger partial charge in [-0.15, -0.1) is 0 Å². The van der Waals surface area contributed by atoms with Crippen LogP contribution < -0.4 is 0 Å². The third-order valence-corrected chi connectivity index (χ3v) is 2.58. The second-order valence-corrected chi connectivity index (χ2v) is 4.18. The zero-order chi connectivity index (χ0) is 12.8. The maximum Gasteiger partial charge on any atom is 0.333 e. The molecule has 0 aromatic heterocycles. The molecule has 0 amide bonds. The summed E-state index contributed by atoms with van der Waals surface area (Å²) in [5.41, 5.74) is 0. The molecule has 0 spiro atoms. The lowest BCUT2D eigenvalue weighted by Crippen LogP contribution is -2.02. The van der Waals surface area contributed by atoms with Gasteiger partial charge in [-0.3, -0.25) is 0 Å². The van der Waals surface area contributed by atoms with E-state index in [2.05, 4.69) is 11.7 Å². The van der Waals surface area contributed by atoms with E-state index in [0.29, 0.717) is 6.61 Å². The van der Waals surface area contributed by atoms with E-state index in [4.69, 9.17) is 4.74 Å². The molecular formula is C14H26O3. The third-order valence-electron chi connectivity index (χ3n) is 2.58. The Hall–Kier alpha value is -0.990. The van der Waals surface area contributed by atoms with Gasteiger partial charge in [-0.25, -0.2) is 4.79 Å². The molecule has 0 saturated heterocycles. The fraction of sp³-hybridized carbons (Fsp3) is 0.786. The normalized spacial score (nSPS) is 10.7. The predicted molar refractivity (Wildman–Crippen MR) is 69.7 cm³/mol. The molecule has 0 aromatic carbocycles. The standard InChI is InChI=1S/C14H26O3/c1-3-4-5-6-7-8-9-10-12-17-14(15)11-13-16-2/h11,13H,3-10,12H2,1-2H3/b13-11+. The van der Waals surface area contributed by atoms with Crippen molar-refractivity contribution >= 4 is 5.97 Å². The molecular weight excluding hydrogens is 216 g/mol. The summed E-state index contributed by atoms with van der Waals surface area (Å²) in [6.45, 7) is 2.74. The lowest BCUT2D eigenvalue weighted by molar-refractivity contribution is -0.138. The van der Waals surface area contributed by atoms with E-state index in [9.17, 15) is 4.79 Å². The van der Waals surface area contributed by atoms with Crippen LogP contribution in [0.1, 0.15) is 58.3 Å². The van der Waals surface area contributed by atoms with E-state index < -0.39 is 0 Å². The topological polar surface area (TPSA) is 35.5 Å². The van der Waals surface area contributed by atoms with E-state index in [0.717, 1.165) is 12.8 Å². The molecule has 100 valence electrons. The van der Waals surface area contributed by atoms with Gasteiger partial charge in [0.25, 0.3) is 0 Å². The zero-order valence-corrected chi connectivity index (χ0v) is 11.2. The van der Waals surface area contributed by atoms with Crippen molar-refractivity contribution in [1.82, 2.24) is 0 Å². The molecule has 0 heterocycles. The van der Waals surface area contributed by atoms with Gasteiger partial charge in [0, 0.05) is 0 Å². The maximum atomic E-state index is 11.0. The molecule has 17 heavy (non-hydrogen) atoms. The van der Waals surface area contributed by atoms with Crippen LogP contribution in [0.2, 0.25) is 0 Å². The Morgan fingerprint density at radius 2 is 1.59 bits per heavy atom. The Bertz CT molecular complexity index is 200. The molecule has 3 nitrogen and oxygen atoms in total. The number of hydrogen-bond donors (Lipinski definition) is 0. The number of hydrogen-bond acceptors (Lipinski definition) is 3. The summed E-state index contributed by atoms with van der Waals surface area (Å²) in [6, 6.07) is 0. The Kier molecular flexibility index (Phi) is 12.3. The van der Waals surface area contributed by atoms with Gasteiger partial charge in [0.05, 0.1) is 26.1 Å². The summed E-state index contributed by atoms with van der Waals surface area (Å²) in [5.74, 6) is -0.324. The fourth-order valence-corrected chi connectivity index (χ4v) is 1.58. The van der Waals surface area contributed by atoms with Crippen molar-refractivity contribution in [3.63, 3.8) is 0 Å². The minimum absolute atomic E-state index is 0.324. The number of esters is 1. The molecule has 0 atom stereocenters. The minimum Gasteiger partial charge on any atom is -0.504 e. The molecule has 0 N–H and O–H groups in total. The van der Waals surface area contributed by atoms with Crippen molar-refractivity contribution in [2.45, 2.75) is 58.3 Å². The van der Waals surface area contributed by atoms with Gasteiger partial charge in [0.1, 0.15) is 0 Å². The second-order valence-electron chi connectivity index (χ2n) is 4.18. The summed E-state index contributed by atoms with van der Waals surface area (Å²) in [7, 11) is 1.50. The van der Waals surface area contributed by atoms with Crippen LogP contribution in [0.3, 0.4) is 0 Å². The Morgan fingerprint density at radius 1 is 1.00 bits per heavy atom. The van der Waals surface area contributed by atoms with Crippen LogP contribution in [0.15, 0.2) is 12.3 Å². The van der Waals surface area contributed by atoms with Gasteiger partial charge in [-0.2, -0.15) is 0 Å². The molecule has 0 aromatic rings. The van der Waals surface area contributed by atoms with Crippen molar-refractivity contribution in [1.29, 1.82) is 0 Å². The van der Waals surface area contributed by atoms with E-state index in [1.807, 2.05) is 0 Å². The minimum atomic E-state index is -0.324. The first-order valence-electron chi connectivity index (χ1n) is 6.67. The molecule has 0 fully saturated rings. The average Bonchev–Trinajstić information content (AvgIpc) is 2.34. The number of rotatable bonds is 11. The summed E-state index contributed by atoms with van der Waals surface area (Å²) >= 11 is 0. The molecule has 0 aliphatic heterocycles. The first-order valence-corrected chi connectivity index (χ1v) is 6.67. The summed E-state index contributed by atoms with van der Waals surface area (Å²) in [4.78, 5) is 11.0. The van der Waals surface area contributed by atoms with Gasteiger partial charge < -0.3 is 9.47 Å². The molecule has 0 radical (unpaired) electrons. The van der Waals surface area contributed by atoms with Crippen LogP contribution in [-0.4, -0.2) is 19.7 Å². The Balaban J connectivity index is 3.13. The van der Waals surface area contributed by atoms with E-state index in [-0.39, 0.29) is 5.97 Å². The highest BCUT2D eigenvalue weighted by Gasteiger charge is 1.96. The van der Waals surface area contributed by atoms with Crippen LogP contribution >= 0.6 is 0 Å². The molecule has 0 aliphatic rings. The summed E-state index contributed by atoms with van der Waals surface area (Å²) < 4.78 is 9.61. The molecule has 3 heteroatoms. The van der Waals surface area contributed by atoms with Crippen molar-refractivity contribution in [3.8, 4) is 0 Å². The number of unbranched alkanes of at least 4 members (excludes halogenated alkanes) is 7. The van der Waals surface area contributed by atoms with E-state index in [1.165, 1.54) is 58.0 Å². The van der Waals surface area contributed by atoms with Crippen molar-refractivity contribution in [2.75, 3.05) is 13.7 Å². The number of carbonyl (C=O) groups is 1. The molecule has 0 rings (SSSR count). The first kappa shape index (κ1) is 16.0. The van der Waals surface area contributed by atoms with Gasteiger partial charge in [-0.05, 0) is 6.42 Å². The lowest BCUT2D eigenvalue weighted by Gasteiger charge is -2.02. The fourth-order valence-electron chi connectivity index (χ4n) is 1.58. The maximum absolute atomic E-state index is 11.0. The SMILES string of the molecule is CCCCCCCCCCOC(=O)/C=C/OC. The molecule has 0 aliphatic carbocycles. The number of methoxy groups -OCH3 is 1. The molecule has 0 unspecified atom stereocenters. The highest BCUT2D eigenvalue weighted by atomic mass is 16.5. The quantitative estimate of drug-likeness (QED) is 0.239. The second kappa shape index (κ2) is 13.1. The van der Waals surface area contributed by atoms with Gasteiger partial charge in [0.2, 0.25) is 0 Å². The highest BCUT2D eigenvalue weighted by Crippen LogP contribution is 2.08. The Labute approximate surface area is 105 Å². The van der Waals surface area contributed by atoms with Gasteiger partial charge >= 0.3 is 5.97 Å². The highest BCUT2D eigenvalue weighted by molar-refractivity contribution is 5.81. The van der Waals surface area contributed by atoms with Crippen LogP contribution in [-0.2, 0) is 14.3 Å². The predicted octanol–water partition coefficient (Wildman–Crippen LogP) is 3.83. The molecule has 0 saturated carbocycles. The van der Waals surface area contributed by atoms with Crippen molar-refractivity contribution < 1.29 is 14.3 Å². The lowest BCUT2D eigenvalue weighted by atomic mass is 10.1. The van der Waals surface area contributed by atoms with Crippen LogP contribution in [0.4, 0.5) is 0 Å². The van der Waals surface area contributed by atoms with Crippen LogP contribution in [0.5, 0.6) is 0 Å². The smallest absolute Gasteiger partial charge is 0.333 e. The molecule has 0 bridgehead atoms. The number of carbonyl (C=O) groups excluding carboxylic acids is 1. The average molecular weight is 242 g/mol. The third kappa shape index (κ3) is 12.9. The number of ether oxygens (including phenoxy) is 2. The van der Waals surface area contributed by atoms with Gasteiger partial charge in [-0.1, -0.05) is 51.9 Å². The van der Waals surface area contributed by atoms with Gasteiger partial charge in [0.15, 0.2) is 0 Å². The van der Waals surface area contributed by atoms with Crippen molar-refractivity contribution in [3.05, 3.63) is 12.3 Å². The van der Waals surface area contributed by atoms with E-state index in [1.54, 1.807) is 0 Å². The monoisotopic (exact) mass is 242 g/mol. The Morgan fingerprint density at radius 3 is 2.18 bits per heavy atom. The first-order chi connectivity index (χ1) is 8.31. The van der Waals surface area contributed by atoms with E-state index >= 15 is 0 Å². The zero-order valence-electron chi connectivity index (χ0n) is 11.2. The summed E-state index contributed by atoms with van der Waals surface area (Å²) in [5, 5.41) is 0. The summed E-state index contributed by atoms with van der Waals surface area (Å²) in [6.07, 6.45) is 12.6. The van der Waals surface area contributed by atoms with Crippen LogP contribution in [0.25, 0.3) is 0 Å². The van der Waals surface area contributed by atoms with Crippen molar-refractivity contribution in [2.24, 2.45) is 0 Å².